The molecule has 0 amide bonds. The molecule has 1 aliphatic carbocycles. The van der Waals surface area contributed by atoms with Crippen LogP contribution in [0.3, 0.4) is 0 Å². The number of rotatable bonds is 2. The third kappa shape index (κ3) is 5.61. The molecular weight excluding hydrogens is 643 g/mol. The van der Waals surface area contributed by atoms with Crippen molar-refractivity contribution in [3.63, 3.8) is 0 Å². The minimum Gasteiger partial charge on any atom is -0.472 e. The van der Waals surface area contributed by atoms with Crippen LogP contribution in [0.25, 0.3) is 0 Å². The van der Waals surface area contributed by atoms with Gasteiger partial charge in [-0.1, -0.05) is 126 Å². The topological polar surface area (TPSA) is 19.6 Å². The molecule has 2 aliphatic heterocycles. The maximum Gasteiger partial charge on any atom is 0.297 e. The third-order valence-electron chi connectivity index (χ3n) is 12.5. The van der Waals surface area contributed by atoms with E-state index >= 15 is 0 Å². The Kier molecular flexibility index (Phi) is 7.72. The summed E-state index contributed by atoms with van der Waals surface area (Å²) in [5, 5.41) is 0. The molecule has 5 aromatic rings. The van der Waals surface area contributed by atoms with Gasteiger partial charge in [0.25, 0.3) is 6.71 Å². The van der Waals surface area contributed by atoms with Gasteiger partial charge in [-0.3, -0.25) is 0 Å². The number of anilines is 6. The van der Waals surface area contributed by atoms with Crippen molar-refractivity contribution in [3.8, 4) is 0 Å². The molecule has 4 heteroatoms. The Hall–Kier alpha value is -4.18. The van der Waals surface area contributed by atoms with E-state index in [-0.39, 0.29) is 33.8 Å². The van der Waals surface area contributed by atoms with Crippen molar-refractivity contribution in [3.05, 3.63) is 112 Å². The molecule has 0 saturated carbocycles. The molecule has 53 heavy (non-hydrogen) atoms. The van der Waals surface area contributed by atoms with E-state index in [1.54, 1.807) is 0 Å². The Labute approximate surface area is 319 Å². The normalized spacial score (nSPS) is 17.3. The number of nitrogens with zero attached hydrogens (tertiary/aromatic N) is 2. The van der Waals surface area contributed by atoms with Crippen molar-refractivity contribution in [1.82, 2.24) is 0 Å². The van der Waals surface area contributed by atoms with Gasteiger partial charge in [0.2, 0.25) is 0 Å². The molecule has 0 radical (unpaired) electrons. The van der Waals surface area contributed by atoms with Crippen LogP contribution < -0.4 is 26.4 Å². The van der Waals surface area contributed by atoms with Gasteiger partial charge < -0.3 is 14.2 Å². The zero-order valence-corrected chi connectivity index (χ0v) is 34.8. The maximum absolute atomic E-state index is 7.49. The molecule has 0 bridgehead atoms. The van der Waals surface area contributed by atoms with E-state index in [0.717, 1.165) is 24.3 Å². The molecule has 4 aromatic carbocycles. The lowest BCUT2D eigenvalue weighted by atomic mass is 9.35. The number of benzene rings is 4. The first-order valence-electron chi connectivity index (χ1n) is 19.9. The Morgan fingerprint density at radius 1 is 0.585 bits per heavy atom. The van der Waals surface area contributed by atoms with Gasteiger partial charge in [0.05, 0.1) is 11.3 Å². The van der Waals surface area contributed by atoms with E-state index in [0.29, 0.717) is 0 Å². The lowest BCUT2D eigenvalue weighted by molar-refractivity contribution is 0.282. The summed E-state index contributed by atoms with van der Waals surface area (Å²) in [7, 11) is 0. The fourth-order valence-electron chi connectivity index (χ4n) is 9.15. The second-order valence-electron chi connectivity index (χ2n) is 20.7. The SMILES string of the molecule is Cc1cc2c3c(c1)N(c1ccc(C(C)(C)C)cc1)c1c(oc4c1C(C)(C)CCC4(C)C)B3c1ccc(C(C)(C)C)cc1N2c1cccc(C(C)(C)C)c1. The van der Waals surface area contributed by atoms with Gasteiger partial charge in [0, 0.05) is 39.4 Å². The van der Waals surface area contributed by atoms with Gasteiger partial charge in [0.15, 0.2) is 0 Å². The summed E-state index contributed by atoms with van der Waals surface area (Å²) in [4.78, 5) is 5.14. The maximum atomic E-state index is 7.49. The number of aryl methyl sites for hydroxylation is 1. The third-order valence-corrected chi connectivity index (χ3v) is 12.5. The average Bonchev–Trinajstić information content (AvgIpc) is 3.48. The van der Waals surface area contributed by atoms with Crippen molar-refractivity contribution < 1.29 is 4.42 Å². The summed E-state index contributed by atoms with van der Waals surface area (Å²) in [5.74, 6) is 1.16. The standard InChI is InChI=1S/C49H59BN2O/c1-30-26-38-41-39(27-30)52(34-21-18-31(19-22-34)45(2,3)4)42-40-43(49(13,14)25-24-48(40,11)12)53-44(42)50(41)36-23-20-33(47(8,9)10)29-37(36)51(38)35-17-15-16-32(28-35)46(5,6)7/h15-23,26-29H,24-25H2,1-14H3. The van der Waals surface area contributed by atoms with Crippen molar-refractivity contribution in [2.75, 3.05) is 9.80 Å². The first-order valence-corrected chi connectivity index (χ1v) is 19.9. The first-order chi connectivity index (χ1) is 24.6. The number of fused-ring (bicyclic) bond motifs is 6. The molecular formula is C49H59BN2O. The molecule has 0 fully saturated rings. The second kappa shape index (κ2) is 11.4. The van der Waals surface area contributed by atoms with Crippen LogP contribution in [0, 0.1) is 6.92 Å². The van der Waals surface area contributed by atoms with E-state index < -0.39 is 0 Å². The number of hydrogen-bond acceptors (Lipinski definition) is 3. The van der Waals surface area contributed by atoms with Crippen LogP contribution in [-0.4, -0.2) is 6.71 Å². The largest absolute Gasteiger partial charge is 0.472 e. The molecule has 0 unspecified atom stereocenters. The minimum absolute atomic E-state index is 0.00242. The summed E-state index contributed by atoms with van der Waals surface area (Å²) in [6.07, 6.45) is 2.22. The highest BCUT2D eigenvalue weighted by atomic mass is 16.3. The zero-order chi connectivity index (χ0) is 38.2. The highest BCUT2D eigenvalue weighted by molar-refractivity contribution is 6.99. The zero-order valence-electron chi connectivity index (χ0n) is 34.8. The summed E-state index contributed by atoms with van der Waals surface area (Å²) in [6.45, 7) is 32.7. The Bertz CT molecular complexity index is 2270. The molecule has 1 aromatic heterocycles. The van der Waals surface area contributed by atoms with Crippen LogP contribution in [0.1, 0.15) is 136 Å². The van der Waals surface area contributed by atoms with Crippen LogP contribution >= 0.6 is 0 Å². The first kappa shape index (κ1) is 35.8. The van der Waals surface area contributed by atoms with Crippen LogP contribution in [0.15, 0.2) is 83.3 Å². The summed E-state index contributed by atoms with van der Waals surface area (Å²) in [6, 6.07) is 30.7. The van der Waals surface area contributed by atoms with Gasteiger partial charge in [-0.05, 0) is 117 Å². The van der Waals surface area contributed by atoms with Gasteiger partial charge in [-0.15, -0.1) is 0 Å². The smallest absolute Gasteiger partial charge is 0.297 e. The molecule has 274 valence electrons. The molecule has 0 spiro atoms. The number of furan rings is 1. The van der Waals surface area contributed by atoms with Crippen LogP contribution in [0.2, 0.25) is 0 Å². The molecule has 0 saturated heterocycles. The highest BCUT2D eigenvalue weighted by Crippen LogP contribution is 2.55. The minimum atomic E-state index is -0.0676. The quantitative estimate of drug-likeness (QED) is 0.167. The molecule has 3 nitrogen and oxygen atoms in total. The van der Waals surface area contributed by atoms with E-state index in [4.69, 9.17) is 4.42 Å². The summed E-state index contributed by atoms with van der Waals surface area (Å²) < 4.78 is 7.49. The summed E-state index contributed by atoms with van der Waals surface area (Å²) in [5.41, 5.74) is 17.7. The fraction of sp³-hybridized carbons (Fsp3) is 0.429. The van der Waals surface area contributed by atoms with Gasteiger partial charge in [0.1, 0.15) is 5.76 Å². The van der Waals surface area contributed by atoms with Crippen molar-refractivity contribution in [1.29, 1.82) is 0 Å². The van der Waals surface area contributed by atoms with Gasteiger partial charge in [-0.25, -0.2) is 0 Å². The second-order valence-corrected chi connectivity index (χ2v) is 20.7. The summed E-state index contributed by atoms with van der Waals surface area (Å²) >= 11 is 0. The van der Waals surface area contributed by atoms with E-state index in [1.807, 2.05) is 0 Å². The predicted molar refractivity (Wildman–Crippen MR) is 229 cm³/mol. The predicted octanol–water partition coefficient (Wildman–Crippen LogP) is 11.9. The van der Waals surface area contributed by atoms with Crippen LogP contribution in [0.5, 0.6) is 0 Å². The van der Waals surface area contributed by atoms with E-state index in [9.17, 15) is 0 Å². The average molecular weight is 703 g/mol. The molecule has 0 atom stereocenters. The highest BCUT2D eigenvalue weighted by Gasteiger charge is 2.52. The molecule has 0 N–H and O–H groups in total. The molecule has 8 rings (SSSR count). The van der Waals surface area contributed by atoms with E-state index in [2.05, 4.69) is 186 Å². The molecule has 3 heterocycles. The Morgan fingerprint density at radius 3 is 1.77 bits per heavy atom. The Morgan fingerprint density at radius 2 is 1.15 bits per heavy atom. The fourth-order valence-corrected chi connectivity index (χ4v) is 9.15. The van der Waals surface area contributed by atoms with Gasteiger partial charge >= 0.3 is 0 Å². The van der Waals surface area contributed by atoms with Gasteiger partial charge in [-0.2, -0.15) is 0 Å². The lowest BCUT2D eigenvalue weighted by Gasteiger charge is -2.44. The van der Waals surface area contributed by atoms with Crippen molar-refractivity contribution in [2.24, 2.45) is 0 Å². The van der Waals surface area contributed by atoms with Crippen molar-refractivity contribution >= 4 is 57.4 Å². The lowest BCUT2D eigenvalue weighted by Crippen LogP contribution is -2.61. The monoisotopic (exact) mass is 702 g/mol. The Balaban J connectivity index is 1.50. The van der Waals surface area contributed by atoms with Crippen LogP contribution in [-0.2, 0) is 27.1 Å². The van der Waals surface area contributed by atoms with Crippen LogP contribution in [0.4, 0.5) is 34.1 Å². The van der Waals surface area contributed by atoms with E-state index in [1.165, 1.54) is 72.9 Å². The van der Waals surface area contributed by atoms with Crippen molar-refractivity contribution in [2.45, 2.75) is 137 Å². The number of hydrogen-bond donors (Lipinski definition) is 0. The molecule has 3 aliphatic rings.